The number of Topliss-reactive ketones (excluding diaryl/α,β-unsaturated/α-hetero) is 1. The summed E-state index contributed by atoms with van der Waals surface area (Å²) in [6.07, 6.45) is -7.27. The topological polar surface area (TPSA) is 35.5 Å². The van der Waals surface area contributed by atoms with Gasteiger partial charge in [0.2, 0.25) is 6.29 Å². The van der Waals surface area contributed by atoms with Gasteiger partial charge in [0, 0.05) is 20.6 Å². The summed E-state index contributed by atoms with van der Waals surface area (Å²) in [5.74, 6) is -0.706. The first-order chi connectivity index (χ1) is 5.90. The van der Waals surface area contributed by atoms with Crippen molar-refractivity contribution in [2.75, 3.05) is 14.2 Å². The van der Waals surface area contributed by atoms with E-state index in [4.69, 9.17) is 0 Å². The molecule has 0 bridgehead atoms. The fourth-order valence-electron chi connectivity index (χ4n) is 0.742. The molecule has 0 amide bonds. The van der Waals surface area contributed by atoms with Crippen LogP contribution in [0.2, 0.25) is 0 Å². The van der Waals surface area contributed by atoms with Gasteiger partial charge in [-0.1, -0.05) is 0 Å². The lowest BCUT2D eigenvalue weighted by atomic mass is 10.2. The summed E-state index contributed by atoms with van der Waals surface area (Å²) in [7, 11) is 2.39. The maximum atomic E-state index is 11.7. The maximum Gasteiger partial charge on any atom is 0.389 e. The van der Waals surface area contributed by atoms with Crippen LogP contribution in [-0.2, 0) is 14.3 Å². The van der Waals surface area contributed by atoms with Crippen molar-refractivity contribution in [2.24, 2.45) is 0 Å². The number of hydrogen-bond donors (Lipinski definition) is 0. The molecule has 0 aliphatic carbocycles. The number of rotatable bonds is 5. The minimum atomic E-state index is -4.32. The molecule has 0 rings (SSSR count). The fraction of sp³-hybridized carbons (Fsp3) is 0.857. The van der Waals surface area contributed by atoms with Crippen LogP contribution in [0.4, 0.5) is 13.2 Å². The summed E-state index contributed by atoms with van der Waals surface area (Å²) < 4.78 is 43.9. The van der Waals surface area contributed by atoms with Crippen LogP contribution in [-0.4, -0.2) is 32.5 Å². The van der Waals surface area contributed by atoms with Gasteiger partial charge in [-0.05, 0) is 0 Å². The Morgan fingerprint density at radius 2 is 1.77 bits per heavy atom. The predicted molar refractivity (Wildman–Crippen MR) is 38.1 cm³/mol. The first-order valence-corrected chi connectivity index (χ1v) is 3.55. The predicted octanol–water partition coefficient (Wildman–Crippen LogP) is 1.52. The summed E-state index contributed by atoms with van der Waals surface area (Å²) in [6, 6.07) is 0. The highest BCUT2D eigenvalue weighted by atomic mass is 19.4. The Hall–Kier alpha value is -0.620. The zero-order valence-corrected chi connectivity index (χ0v) is 7.35. The van der Waals surface area contributed by atoms with Crippen molar-refractivity contribution in [1.29, 1.82) is 0 Å². The molecule has 0 aromatic rings. The quantitative estimate of drug-likeness (QED) is 0.631. The highest BCUT2D eigenvalue weighted by Gasteiger charge is 2.29. The highest BCUT2D eigenvalue weighted by Crippen LogP contribution is 2.21. The summed E-state index contributed by atoms with van der Waals surface area (Å²) in [5.41, 5.74) is 0. The number of hydrogen-bond acceptors (Lipinski definition) is 3. The minimum Gasteiger partial charge on any atom is -0.349 e. The minimum absolute atomic E-state index is 0.615. The van der Waals surface area contributed by atoms with Crippen molar-refractivity contribution in [3.05, 3.63) is 0 Å². The van der Waals surface area contributed by atoms with Crippen LogP contribution in [0.3, 0.4) is 0 Å². The van der Waals surface area contributed by atoms with Crippen LogP contribution < -0.4 is 0 Å². The molecule has 0 saturated heterocycles. The molecule has 0 aromatic carbocycles. The van der Waals surface area contributed by atoms with E-state index in [1.54, 1.807) is 0 Å². The van der Waals surface area contributed by atoms with E-state index >= 15 is 0 Å². The first-order valence-electron chi connectivity index (χ1n) is 3.55. The Bertz CT molecular complexity index is 163. The van der Waals surface area contributed by atoms with E-state index in [1.807, 2.05) is 0 Å². The Labute approximate surface area is 73.8 Å². The molecule has 3 nitrogen and oxygen atoms in total. The number of alkyl halides is 3. The zero-order valence-electron chi connectivity index (χ0n) is 7.35. The van der Waals surface area contributed by atoms with Crippen LogP contribution in [0.15, 0.2) is 0 Å². The van der Waals surface area contributed by atoms with Gasteiger partial charge in [-0.3, -0.25) is 4.79 Å². The SMILES string of the molecule is COC(OC)C(=O)CCC(F)(F)F. The van der Waals surface area contributed by atoms with E-state index in [0.717, 1.165) is 0 Å². The Morgan fingerprint density at radius 3 is 2.08 bits per heavy atom. The molecule has 0 heterocycles. The van der Waals surface area contributed by atoms with Crippen LogP contribution in [0.25, 0.3) is 0 Å². The second-order valence-corrected chi connectivity index (χ2v) is 2.38. The smallest absolute Gasteiger partial charge is 0.349 e. The Kier molecular flexibility index (Phi) is 4.94. The molecule has 0 aliphatic rings. The van der Waals surface area contributed by atoms with Crippen LogP contribution in [0, 0.1) is 0 Å². The number of methoxy groups -OCH3 is 2. The Morgan fingerprint density at radius 1 is 1.31 bits per heavy atom. The number of carbonyl (C=O) groups excluding carboxylic acids is 1. The molecule has 0 aromatic heterocycles. The van der Waals surface area contributed by atoms with Crippen molar-refractivity contribution in [3.63, 3.8) is 0 Å². The van der Waals surface area contributed by atoms with Gasteiger partial charge in [0.05, 0.1) is 6.42 Å². The third-order valence-corrected chi connectivity index (χ3v) is 1.35. The third-order valence-electron chi connectivity index (χ3n) is 1.35. The van der Waals surface area contributed by atoms with E-state index in [0.29, 0.717) is 0 Å². The van der Waals surface area contributed by atoms with Gasteiger partial charge in [-0.15, -0.1) is 0 Å². The zero-order chi connectivity index (χ0) is 10.5. The van der Waals surface area contributed by atoms with Gasteiger partial charge in [0.25, 0.3) is 0 Å². The van der Waals surface area contributed by atoms with E-state index in [2.05, 4.69) is 9.47 Å². The number of ether oxygens (including phenoxy) is 2. The maximum absolute atomic E-state index is 11.7. The van der Waals surface area contributed by atoms with Gasteiger partial charge in [0.15, 0.2) is 5.78 Å². The van der Waals surface area contributed by atoms with Gasteiger partial charge in [-0.2, -0.15) is 13.2 Å². The molecule has 78 valence electrons. The number of carbonyl (C=O) groups is 1. The fourth-order valence-corrected chi connectivity index (χ4v) is 0.742. The average Bonchev–Trinajstić information content (AvgIpc) is 2.02. The molecule has 13 heavy (non-hydrogen) atoms. The van der Waals surface area contributed by atoms with Gasteiger partial charge in [0.1, 0.15) is 0 Å². The van der Waals surface area contributed by atoms with E-state index in [-0.39, 0.29) is 0 Å². The molecular formula is C7H11F3O3. The molecule has 0 radical (unpaired) electrons. The number of ketones is 1. The van der Waals surface area contributed by atoms with Crippen molar-refractivity contribution >= 4 is 5.78 Å². The van der Waals surface area contributed by atoms with E-state index < -0.39 is 31.1 Å². The number of halogens is 3. The molecule has 0 fully saturated rings. The summed E-state index contributed by atoms with van der Waals surface area (Å²) in [5, 5.41) is 0. The molecular weight excluding hydrogens is 189 g/mol. The summed E-state index contributed by atoms with van der Waals surface area (Å²) >= 11 is 0. The van der Waals surface area contributed by atoms with Crippen molar-refractivity contribution < 1.29 is 27.4 Å². The summed E-state index contributed by atoms with van der Waals surface area (Å²) in [6.45, 7) is 0. The van der Waals surface area contributed by atoms with Crippen LogP contribution in [0.1, 0.15) is 12.8 Å². The second-order valence-electron chi connectivity index (χ2n) is 2.38. The lowest BCUT2D eigenvalue weighted by Crippen LogP contribution is -2.26. The van der Waals surface area contributed by atoms with Crippen molar-refractivity contribution in [1.82, 2.24) is 0 Å². The van der Waals surface area contributed by atoms with Crippen LogP contribution >= 0.6 is 0 Å². The summed E-state index contributed by atoms with van der Waals surface area (Å²) in [4.78, 5) is 10.9. The molecule has 0 saturated carbocycles. The molecule has 0 spiro atoms. The average molecular weight is 200 g/mol. The van der Waals surface area contributed by atoms with Gasteiger partial charge < -0.3 is 9.47 Å². The van der Waals surface area contributed by atoms with Gasteiger partial charge in [-0.25, -0.2) is 0 Å². The first kappa shape index (κ1) is 12.4. The lowest BCUT2D eigenvalue weighted by molar-refractivity contribution is -0.165. The van der Waals surface area contributed by atoms with Crippen LogP contribution in [0.5, 0.6) is 0 Å². The lowest BCUT2D eigenvalue weighted by Gasteiger charge is -2.12. The molecule has 0 N–H and O–H groups in total. The van der Waals surface area contributed by atoms with E-state index in [9.17, 15) is 18.0 Å². The molecule has 0 aliphatic heterocycles. The second kappa shape index (κ2) is 5.18. The molecule has 0 atom stereocenters. The normalized spacial score (nSPS) is 12.2. The molecule has 6 heteroatoms. The van der Waals surface area contributed by atoms with E-state index in [1.165, 1.54) is 14.2 Å². The van der Waals surface area contributed by atoms with Crippen molar-refractivity contribution in [2.45, 2.75) is 25.3 Å². The Balaban J connectivity index is 3.86. The molecule has 0 unspecified atom stereocenters. The monoisotopic (exact) mass is 200 g/mol. The largest absolute Gasteiger partial charge is 0.389 e. The van der Waals surface area contributed by atoms with Crippen molar-refractivity contribution in [3.8, 4) is 0 Å². The highest BCUT2D eigenvalue weighted by molar-refractivity contribution is 5.81. The third kappa shape index (κ3) is 5.59. The van der Waals surface area contributed by atoms with Gasteiger partial charge >= 0.3 is 6.18 Å². The standard InChI is InChI=1S/C7H11F3O3/c1-12-6(13-2)5(11)3-4-7(8,9)10/h6H,3-4H2,1-2H3.